The number of sulfone groups is 1. The largest absolute Gasteiger partial charge is 0.268 e. The molecule has 1 aromatic rings. The number of aryl methyl sites for hydroxylation is 2. The van der Waals surface area contributed by atoms with Gasteiger partial charge in [-0.3, -0.25) is 4.68 Å². The van der Waals surface area contributed by atoms with E-state index in [9.17, 15) is 8.42 Å². The van der Waals surface area contributed by atoms with Gasteiger partial charge in [-0.2, -0.15) is 5.10 Å². The number of hydrogen-bond acceptors (Lipinski definition) is 3. The van der Waals surface area contributed by atoms with E-state index in [2.05, 4.69) is 5.10 Å². The highest BCUT2D eigenvalue weighted by molar-refractivity contribution is 7.90. The minimum atomic E-state index is -2.97. The van der Waals surface area contributed by atoms with Crippen molar-refractivity contribution in [2.24, 2.45) is 0 Å². The fourth-order valence-corrected chi connectivity index (χ4v) is 2.85. The van der Waals surface area contributed by atoms with Crippen LogP contribution in [0, 0.1) is 0 Å². The number of alkyl halides is 1. The van der Waals surface area contributed by atoms with Crippen molar-refractivity contribution in [3.8, 4) is 0 Å². The Balaban J connectivity index is 3.12. The first kappa shape index (κ1) is 15.5. The molecule has 0 N–H and O–H groups in total. The third-order valence-electron chi connectivity index (χ3n) is 2.92. The van der Waals surface area contributed by atoms with Crippen LogP contribution in [0.25, 0.3) is 0 Å². The molecule has 0 saturated heterocycles. The quantitative estimate of drug-likeness (QED) is 0.756. The van der Waals surface area contributed by atoms with E-state index in [1.165, 1.54) is 6.26 Å². The highest BCUT2D eigenvalue weighted by atomic mass is 35.5. The van der Waals surface area contributed by atoms with Crippen molar-refractivity contribution in [2.45, 2.75) is 45.5 Å². The molecule has 0 aliphatic rings. The van der Waals surface area contributed by atoms with Gasteiger partial charge in [-0.1, -0.05) is 13.8 Å². The lowest BCUT2D eigenvalue weighted by molar-refractivity contribution is 0.576. The lowest BCUT2D eigenvalue weighted by atomic mass is 10.1. The van der Waals surface area contributed by atoms with Gasteiger partial charge in [-0.15, -0.1) is 11.6 Å². The molecule has 0 spiro atoms. The third kappa shape index (κ3) is 3.72. The average Bonchev–Trinajstić information content (AvgIpc) is 2.63. The van der Waals surface area contributed by atoms with Gasteiger partial charge in [0.25, 0.3) is 0 Å². The van der Waals surface area contributed by atoms with Crippen LogP contribution in [0.5, 0.6) is 0 Å². The Morgan fingerprint density at radius 1 is 1.33 bits per heavy atom. The zero-order valence-corrected chi connectivity index (χ0v) is 13.0. The van der Waals surface area contributed by atoms with E-state index in [1.807, 2.05) is 20.8 Å². The van der Waals surface area contributed by atoms with Crippen LogP contribution >= 0.6 is 11.6 Å². The van der Waals surface area contributed by atoms with Crippen molar-refractivity contribution in [1.29, 1.82) is 0 Å². The van der Waals surface area contributed by atoms with E-state index in [4.69, 9.17) is 11.6 Å². The van der Waals surface area contributed by atoms with Crippen molar-refractivity contribution >= 4 is 21.4 Å². The van der Waals surface area contributed by atoms with Crippen molar-refractivity contribution in [3.63, 3.8) is 0 Å². The first-order chi connectivity index (χ1) is 8.30. The standard InChI is InChI=1S/C12H21ClN2O2S/c1-5-10-12(9(3)13)11(6-2)15(14-10)7-8-18(4,16)17/h9H,5-8H2,1-4H3. The summed E-state index contributed by atoms with van der Waals surface area (Å²) in [7, 11) is -2.97. The van der Waals surface area contributed by atoms with E-state index in [-0.39, 0.29) is 11.1 Å². The van der Waals surface area contributed by atoms with Gasteiger partial charge in [0.05, 0.1) is 23.4 Å². The summed E-state index contributed by atoms with van der Waals surface area (Å²) in [5, 5.41) is 4.40. The number of hydrogen-bond donors (Lipinski definition) is 0. The topological polar surface area (TPSA) is 52.0 Å². The minimum absolute atomic E-state index is 0.0955. The molecule has 6 heteroatoms. The van der Waals surface area contributed by atoms with Crippen LogP contribution < -0.4 is 0 Å². The minimum Gasteiger partial charge on any atom is -0.268 e. The highest BCUT2D eigenvalue weighted by Crippen LogP contribution is 2.28. The first-order valence-corrected chi connectivity index (χ1v) is 8.70. The predicted molar refractivity (Wildman–Crippen MR) is 75.0 cm³/mol. The summed E-state index contributed by atoms with van der Waals surface area (Å²) in [6, 6.07) is 0. The molecule has 4 nitrogen and oxygen atoms in total. The molecule has 0 aromatic carbocycles. The van der Waals surface area contributed by atoms with Gasteiger partial charge < -0.3 is 0 Å². The summed E-state index contributed by atoms with van der Waals surface area (Å²) < 4.78 is 24.3. The molecule has 0 aliphatic heterocycles. The Labute approximate surface area is 114 Å². The van der Waals surface area contributed by atoms with Crippen LogP contribution in [0.1, 0.15) is 43.1 Å². The number of nitrogens with zero attached hydrogens (tertiary/aromatic N) is 2. The number of rotatable bonds is 6. The van der Waals surface area contributed by atoms with Crippen LogP contribution in [-0.2, 0) is 29.2 Å². The Bertz CT molecular complexity index is 506. The predicted octanol–water partition coefficient (Wildman–Crippen LogP) is 2.35. The van der Waals surface area contributed by atoms with Gasteiger partial charge in [0.2, 0.25) is 0 Å². The molecule has 0 radical (unpaired) electrons. The van der Waals surface area contributed by atoms with Crippen LogP contribution in [-0.4, -0.2) is 30.2 Å². The maximum absolute atomic E-state index is 11.2. The molecule has 0 bridgehead atoms. The molecular formula is C12H21ClN2O2S. The Morgan fingerprint density at radius 3 is 2.33 bits per heavy atom. The smallest absolute Gasteiger partial charge is 0.149 e. The molecule has 18 heavy (non-hydrogen) atoms. The molecule has 0 fully saturated rings. The van der Waals surface area contributed by atoms with E-state index >= 15 is 0 Å². The fraction of sp³-hybridized carbons (Fsp3) is 0.750. The molecular weight excluding hydrogens is 272 g/mol. The van der Waals surface area contributed by atoms with Gasteiger partial charge in [0.1, 0.15) is 9.84 Å². The van der Waals surface area contributed by atoms with E-state index in [0.717, 1.165) is 29.8 Å². The van der Waals surface area contributed by atoms with Crippen molar-refractivity contribution in [1.82, 2.24) is 9.78 Å². The van der Waals surface area contributed by atoms with Crippen LogP contribution in [0.2, 0.25) is 0 Å². The third-order valence-corrected chi connectivity index (χ3v) is 4.06. The average molecular weight is 293 g/mol. The number of halogens is 1. The van der Waals surface area contributed by atoms with Crippen molar-refractivity contribution in [3.05, 3.63) is 17.0 Å². The molecule has 1 rings (SSSR count). The van der Waals surface area contributed by atoms with Crippen LogP contribution in [0.15, 0.2) is 0 Å². The summed E-state index contributed by atoms with van der Waals surface area (Å²) in [4.78, 5) is 0. The fourth-order valence-electron chi connectivity index (χ4n) is 2.10. The summed E-state index contributed by atoms with van der Waals surface area (Å²) in [5.41, 5.74) is 3.09. The summed E-state index contributed by atoms with van der Waals surface area (Å²) in [5.74, 6) is 0.112. The molecule has 1 atom stereocenters. The molecule has 0 saturated carbocycles. The molecule has 0 amide bonds. The van der Waals surface area contributed by atoms with E-state index < -0.39 is 9.84 Å². The molecule has 1 heterocycles. The summed E-state index contributed by atoms with van der Waals surface area (Å²) >= 11 is 6.20. The second-order valence-electron chi connectivity index (χ2n) is 4.48. The molecule has 1 aromatic heterocycles. The SMILES string of the molecule is CCc1nn(CCS(C)(=O)=O)c(CC)c1C(C)Cl. The zero-order valence-electron chi connectivity index (χ0n) is 11.4. The highest BCUT2D eigenvalue weighted by Gasteiger charge is 2.19. The van der Waals surface area contributed by atoms with Gasteiger partial charge in [0, 0.05) is 17.5 Å². The zero-order chi connectivity index (χ0) is 13.9. The molecule has 1 unspecified atom stereocenters. The van der Waals surface area contributed by atoms with Gasteiger partial charge in [0.15, 0.2) is 0 Å². The van der Waals surface area contributed by atoms with Crippen LogP contribution in [0.3, 0.4) is 0 Å². The van der Waals surface area contributed by atoms with Crippen molar-refractivity contribution in [2.75, 3.05) is 12.0 Å². The lowest BCUT2D eigenvalue weighted by Crippen LogP contribution is -2.14. The maximum Gasteiger partial charge on any atom is 0.149 e. The second kappa shape index (κ2) is 6.06. The Kier molecular flexibility index (Phi) is 5.22. The normalized spacial score (nSPS) is 13.8. The second-order valence-corrected chi connectivity index (χ2v) is 7.40. The maximum atomic E-state index is 11.2. The van der Waals surface area contributed by atoms with Gasteiger partial charge >= 0.3 is 0 Å². The van der Waals surface area contributed by atoms with Crippen molar-refractivity contribution < 1.29 is 8.42 Å². The lowest BCUT2D eigenvalue weighted by Gasteiger charge is -2.08. The Morgan fingerprint density at radius 2 is 1.94 bits per heavy atom. The molecule has 104 valence electrons. The Hall–Kier alpha value is -0.550. The number of aromatic nitrogens is 2. The van der Waals surface area contributed by atoms with E-state index in [1.54, 1.807) is 4.68 Å². The van der Waals surface area contributed by atoms with E-state index in [0.29, 0.717) is 6.54 Å². The summed E-state index contributed by atoms with van der Waals surface area (Å²) in [6.45, 7) is 6.40. The monoisotopic (exact) mass is 292 g/mol. The van der Waals surface area contributed by atoms with Crippen LogP contribution in [0.4, 0.5) is 0 Å². The first-order valence-electron chi connectivity index (χ1n) is 6.20. The van der Waals surface area contributed by atoms with Gasteiger partial charge in [-0.05, 0) is 19.8 Å². The summed E-state index contributed by atoms with van der Waals surface area (Å²) in [6.07, 6.45) is 2.86. The van der Waals surface area contributed by atoms with Gasteiger partial charge in [-0.25, -0.2) is 8.42 Å². The molecule has 0 aliphatic carbocycles.